The fraction of sp³-hybridized carbons (Fsp3) is 0.714. The quantitative estimate of drug-likeness (QED) is 0.809. The van der Waals surface area contributed by atoms with Crippen molar-refractivity contribution < 1.29 is 4.74 Å². The van der Waals surface area contributed by atoms with E-state index in [0.29, 0.717) is 6.04 Å². The van der Waals surface area contributed by atoms with Crippen molar-refractivity contribution in [2.45, 2.75) is 66.2 Å². The van der Waals surface area contributed by atoms with Crippen LogP contribution in [0.15, 0.2) is 6.20 Å². The van der Waals surface area contributed by atoms with Crippen LogP contribution in [0.2, 0.25) is 0 Å². The van der Waals surface area contributed by atoms with Gasteiger partial charge in [0.15, 0.2) is 0 Å². The minimum atomic E-state index is 0.196. The molecule has 4 nitrogen and oxygen atoms in total. The van der Waals surface area contributed by atoms with Gasteiger partial charge in [-0.3, -0.25) is 0 Å². The van der Waals surface area contributed by atoms with Gasteiger partial charge in [0.25, 0.3) is 0 Å². The fourth-order valence-electron chi connectivity index (χ4n) is 1.67. The van der Waals surface area contributed by atoms with Crippen molar-refractivity contribution >= 4 is 0 Å². The number of ether oxygens (including phenoxy) is 1. The van der Waals surface area contributed by atoms with E-state index >= 15 is 0 Å². The van der Waals surface area contributed by atoms with E-state index in [4.69, 9.17) is 4.74 Å². The Balaban J connectivity index is 2.76. The Labute approximate surface area is 110 Å². The summed E-state index contributed by atoms with van der Waals surface area (Å²) in [5.74, 6) is 1.47. The van der Waals surface area contributed by atoms with Crippen LogP contribution in [0.4, 0.5) is 0 Å². The maximum atomic E-state index is 5.91. The van der Waals surface area contributed by atoms with Crippen LogP contribution in [-0.4, -0.2) is 22.1 Å². The standard InChI is InChI=1S/C14H25N3O/c1-6-7-11(4)18-14-13(8-15-10(2)3)9-16-12(5)17-14/h9-11,15H,6-8H2,1-5H3. The largest absolute Gasteiger partial charge is 0.474 e. The molecule has 102 valence electrons. The number of hydrogen-bond acceptors (Lipinski definition) is 4. The minimum absolute atomic E-state index is 0.196. The first-order valence-electron chi connectivity index (χ1n) is 6.75. The third-order valence-electron chi connectivity index (χ3n) is 2.65. The third-order valence-corrected chi connectivity index (χ3v) is 2.65. The van der Waals surface area contributed by atoms with Gasteiger partial charge in [0.2, 0.25) is 5.88 Å². The van der Waals surface area contributed by atoms with E-state index in [-0.39, 0.29) is 6.10 Å². The summed E-state index contributed by atoms with van der Waals surface area (Å²) >= 11 is 0. The molecule has 1 atom stereocenters. The topological polar surface area (TPSA) is 47.0 Å². The van der Waals surface area contributed by atoms with Crippen molar-refractivity contribution in [3.05, 3.63) is 17.6 Å². The molecular formula is C14H25N3O. The number of hydrogen-bond donors (Lipinski definition) is 1. The average Bonchev–Trinajstić information content (AvgIpc) is 2.28. The van der Waals surface area contributed by atoms with Crippen molar-refractivity contribution in [2.75, 3.05) is 0 Å². The molecule has 1 rings (SSSR count). The van der Waals surface area contributed by atoms with E-state index in [1.54, 1.807) is 0 Å². The van der Waals surface area contributed by atoms with E-state index < -0.39 is 0 Å². The fourth-order valence-corrected chi connectivity index (χ4v) is 1.67. The van der Waals surface area contributed by atoms with Gasteiger partial charge in [-0.05, 0) is 20.3 Å². The summed E-state index contributed by atoms with van der Waals surface area (Å²) in [4.78, 5) is 8.64. The highest BCUT2D eigenvalue weighted by molar-refractivity contribution is 5.23. The first-order valence-corrected chi connectivity index (χ1v) is 6.75. The molecule has 1 aromatic rings. The zero-order valence-corrected chi connectivity index (χ0v) is 12.2. The lowest BCUT2D eigenvalue weighted by molar-refractivity contribution is 0.198. The molecule has 0 amide bonds. The first kappa shape index (κ1) is 14.9. The van der Waals surface area contributed by atoms with Crippen molar-refractivity contribution in [1.82, 2.24) is 15.3 Å². The van der Waals surface area contributed by atoms with Crippen molar-refractivity contribution in [1.29, 1.82) is 0 Å². The molecule has 0 aliphatic heterocycles. The SMILES string of the molecule is CCCC(C)Oc1nc(C)ncc1CNC(C)C. The summed E-state index contributed by atoms with van der Waals surface area (Å²) in [6.07, 6.45) is 4.21. The zero-order valence-electron chi connectivity index (χ0n) is 12.2. The molecule has 4 heteroatoms. The molecule has 1 heterocycles. The smallest absolute Gasteiger partial charge is 0.221 e. The van der Waals surface area contributed by atoms with Crippen LogP contribution in [0, 0.1) is 6.92 Å². The predicted molar refractivity (Wildman–Crippen MR) is 73.7 cm³/mol. The summed E-state index contributed by atoms with van der Waals surface area (Å²) in [7, 11) is 0. The van der Waals surface area contributed by atoms with Gasteiger partial charge in [-0.15, -0.1) is 0 Å². The second-order valence-electron chi connectivity index (χ2n) is 5.00. The second-order valence-corrected chi connectivity index (χ2v) is 5.00. The first-order chi connectivity index (χ1) is 8.52. The van der Waals surface area contributed by atoms with Crippen LogP contribution < -0.4 is 10.1 Å². The molecular weight excluding hydrogens is 226 g/mol. The average molecular weight is 251 g/mol. The molecule has 0 radical (unpaired) electrons. The van der Waals surface area contributed by atoms with Gasteiger partial charge in [-0.2, -0.15) is 4.98 Å². The van der Waals surface area contributed by atoms with E-state index in [9.17, 15) is 0 Å². The summed E-state index contributed by atoms with van der Waals surface area (Å²) in [6.45, 7) is 11.1. The molecule has 1 N–H and O–H groups in total. The highest BCUT2D eigenvalue weighted by Crippen LogP contribution is 2.17. The lowest BCUT2D eigenvalue weighted by Crippen LogP contribution is -2.23. The van der Waals surface area contributed by atoms with Gasteiger partial charge in [0.05, 0.1) is 6.10 Å². The number of nitrogens with zero attached hydrogens (tertiary/aromatic N) is 2. The maximum Gasteiger partial charge on any atom is 0.221 e. The van der Waals surface area contributed by atoms with Crippen LogP contribution in [0.1, 0.15) is 51.9 Å². The van der Waals surface area contributed by atoms with E-state index in [0.717, 1.165) is 36.7 Å². The molecule has 0 saturated carbocycles. The minimum Gasteiger partial charge on any atom is -0.474 e. The van der Waals surface area contributed by atoms with Gasteiger partial charge in [-0.25, -0.2) is 4.98 Å². The van der Waals surface area contributed by atoms with Crippen molar-refractivity contribution in [3.63, 3.8) is 0 Å². The van der Waals surface area contributed by atoms with E-state index in [1.165, 1.54) is 0 Å². The summed E-state index contributed by atoms with van der Waals surface area (Å²) in [6, 6.07) is 0.437. The molecule has 1 aromatic heterocycles. The lowest BCUT2D eigenvalue weighted by atomic mass is 10.2. The Morgan fingerprint density at radius 1 is 1.33 bits per heavy atom. The number of aromatic nitrogens is 2. The Hall–Kier alpha value is -1.16. The van der Waals surface area contributed by atoms with Gasteiger partial charge >= 0.3 is 0 Å². The van der Waals surface area contributed by atoms with Crippen molar-refractivity contribution in [3.8, 4) is 5.88 Å². The zero-order chi connectivity index (χ0) is 13.5. The third kappa shape index (κ3) is 5.00. The molecule has 0 bridgehead atoms. The molecule has 1 unspecified atom stereocenters. The molecule has 0 aliphatic rings. The molecule has 0 saturated heterocycles. The highest BCUT2D eigenvalue weighted by atomic mass is 16.5. The molecule has 0 fully saturated rings. The number of rotatable bonds is 7. The van der Waals surface area contributed by atoms with E-state index in [1.807, 2.05) is 13.1 Å². The van der Waals surface area contributed by atoms with Crippen LogP contribution in [0.5, 0.6) is 5.88 Å². The number of aryl methyl sites for hydroxylation is 1. The highest BCUT2D eigenvalue weighted by Gasteiger charge is 2.11. The van der Waals surface area contributed by atoms with Gasteiger partial charge < -0.3 is 10.1 Å². The van der Waals surface area contributed by atoms with Gasteiger partial charge in [0, 0.05) is 24.3 Å². The summed E-state index contributed by atoms with van der Waals surface area (Å²) < 4.78 is 5.91. The van der Waals surface area contributed by atoms with Crippen LogP contribution in [-0.2, 0) is 6.54 Å². The normalized spacial score (nSPS) is 12.8. The van der Waals surface area contributed by atoms with Gasteiger partial charge in [-0.1, -0.05) is 27.2 Å². The molecule has 0 spiro atoms. The Morgan fingerprint density at radius 2 is 2.06 bits per heavy atom. The van der Waals surface area contributed by atoms with Crippen LogP contribution in [0.25, 0.3) is 0 Å². The van der Waals surface area contributed by atoms with Crippen molar-refractivity contribution in [2.24, 2.45) is 0 Å². The monoisotopic (exact) mass is 251 g/mol. The van der Waals surface area contributed by atoms with E-state index in [2.05, 4.69) is 43.0 Å². The molecule has 0 aliphatic carbocycles. The predicted octanol–water partition coefficient (Wildman–Crippen LogP) is 2.85. The molecule has 18 heavy (non-hydrogen) atoms. The lowest BCUT2D eigenvalue weighted by Gasteiger charge is -2.17. The summed E-state index contributed by atoms with van der Waals surface area (Å²) in [5.41, 5.74) is 1.03. The Kier molecular flexibility index (Phi) is 6.05. The Morgan fingerprint density at radius 3 is 2.67 bits per heavy atom. The van der Waals surface area contributed by atoms with Crippen LogP contribution in [0.3, 0.4) is 0 Å². The van der Waals surface area contributed by atoms with Gasteiger partial charge in [0.1, 0.15) is 5.82 Å². The maximum absolute atomic E-state index is 5.91. The molecule has 0 aromatic carbocycles. The summed E-state index contributed by atoms with van der Waals surface area (Å²) in [5, 5.41) is 3.37. The Bertz CT molecular complexity index is 366. The van der Waals surface area contributed by atoms with Crippen LogP contribution >= 0.6 is 0 Å². The second kappa shape index (κ2) is 7.31. The number of nitrogens with one attached hydrogen (secondary N) is 1.